The normalized spacial score (nSPS) is 11.4. The van der Waals surface area contributed by atoms with E-state index in [2.05, 4.69) is 15.3 Å². The number of amides is 1. The van der Waals surface area contributed by atoms with Crippen LogP contribution < -0.4 is 10.9 Å². The van der Waals surface area contributed by atoms with Gasteiger partial charge >= 0.3 is 0 Å². The van der Waals surface area contributed by atoms with Gasteiger partial charge in [-0.2, -0.15) is 0 Å². The number of carbonyl (C=O) groups is 1. The first kappa shape index (κ1) is 24.0. The molecule has 2 heterocycles. The molecule has 0 saturated heterocycles. The Morgan fingerprint density at radius 2 is 1.75 bits per heavy atom. The number of benzene rings is 3. The highest BCUT2D eigenvalue weighted by molar-refractivity contribution is 7.99. The van der Waals surface area contributed by atoms with Crippen LogP contribution in [0.4, 0.5) is 18.3 Å². The van der Waals surface area contributed by atoms with Crippen molar-refractivity contribution in [1.82, 2.24) is 14.5 Å². The Kier molecular flexibility index (Phi) is 6.27. The molecule has 0 aliphatic heterocycles. The molecule has 0 atom stereocenters. The van der Waals surface area contributed by atoms with Crippen LogP contribution in [0.2, 0.25) is 0 Å². The SMILES string of the molecule is Cc1cc(C)cc(-n2c(SCC(=O)Nc3nc4c(F)c(F)c(F)cc4s3)nc3ccccc3c2=O)c1. The number of rotatable bonds is 5. The van der Waals surface area contributed by atoms with Gasteiger partial charge in [0.1, 0.15) is 5.52 Å². The van der Waals surface area contributed by atoms with Gasteiger partial charge in [0.2, 0.25) is 5.91 Å². The van der Waals surface area contributed by atoms with Crippen molar-refractivity contribution in [2.45, 2.75) is 19.0 Å². The average Bonchev–Trinajstić information content (AvgIpc) is 3.23. The van der Waals surface area contributed by atoms with E-state index in [0.717, 1.165) is 40.3 Å². The van der Waals surface area contributed by atoms with E-state index in [1.807, 2.05) is 32.0 Å². The van der Waals surface area contributed by atoms with E-state index in [-0.39, 0.29) is 26.7 Å². The van der Waals surface area contributed by atoms with Gasteiger partial charge in [0.15, 0.2) is 27.7 Å². The Morgan fingerprint density at radius 1 is 1.03 bits per heavy atom. The summed E-state index contributed by atoms with van der Waals surface area (Å²) in [5.74, 6) is -5.00. The van der Waals surface area contributed by atoms with Gasteiger partial charge in [0, 0.05) is 0 Å². The second-order valence-electron chi connectivity index (χ2n) is 8.09. The maximum atomic E-state index is 14.0. The Balaban J connectivity index is 1.46. The van der Waals surface area contributed by atoms with E-state index in [1.54, 1.807) is 24.3 Å². The van der Waals surface area contributed by atoms with Gasteiger partial charge in [-0.3, -0.25) is 14.2 Å². The summed E-state index contributed by atoms with van der Waals surface area (Å²) >= 11 is 1.87. The molecular formula is C25H17F3N4O2S2. The van der Waals surface area contributed by atoms with E-state index >= 15 is 0 Å². The van der Waals surface area contributed by atoms with Crippen LogP contribution in [0.1, 0.15) is 11.1 Å². The summed E-state index contributed by atoms with van der Waals surface area (Å²) in [4.78, 5) is 34.6. The van der Waals surface area contributed by atoms with Crippen LogP contribution in [0.25, 0.3) is 26.8 Å². The molecule has 0 fully saturated rings. The summed E-state index contributed by atoms with van der Waals surface area (Å²) in [7, 11) is 0. The van der Waals surface area contributed by atoms with Crippen LogP contribution in [0, 0.1) is 31.3 Å². The summed E-state index contributed by atoms with van der Waals surface area (Å²) in [5.41, 5.74) is 2.44. The molecule has 5 aromatic rings. The van der Waals surface area contributed by atoms with Crippen molar-refractivity contribution >= 4 is 55.3 Å². The molecule has 1 amide bonds. The lowest BCUT2D eigenvalue weighted by Crippen LogP contribution is -2.23. The maximum Gasteiger partial charge on any atom is 0.266 e. The number of nitrogens with one attached hydrogen (secondary N) is 1. The Hall–Kier alpha value is -3.70. The number of carbonyl (C=O) groups excluding carboxylic acids is 1. The van der Waals surface area contributed by atoms with Crippen molar-refractivity contribution in [3.63, 3.8) is 0 Å². The quantitative estimate of drug-likeness (QED) is 0.179. The third-order valence-electron chi connectivity index (χ3n) is 5.31. The first-order valence-corrected chi connectivity index (χ1v) is 12.5. The van der Waals surface area contributed by atoms with Crippen molar-refractivity contribution in [2.24, 2.45) is 0 Å². The van der Waals surface area contributed by atoms with Crippen LogP contribution in [0.15, 0.2) is 58.5 Å². The molecular weight excluding hydrogens is 509 g/mol. The molecule has 1 N–H and O–H groups in total. The van der Waals surface area contributed by atoms with Gasteiger partial charge in [0.05, 0.1) is 27.0 Å². The summed E-state index contributed by atoms with van der Waals surface area (Å²) < 4.78 is 42.5. The Bertz CT molecular complexity index is 1710. The van der Waals surface area contributed by atoms with Crippen LogP contribution in [-0.2, 0) is 4.79 Å². The van der Waals surface area contributed by atoms with Crippen molar-refractivity contribution in [3.8, 4) is 5.69 Å². The fraction of sp³-hybridized carbons (Fsp3) is 0.120. The first-order valence-electron chi connectivity index (χ1n) is 10.7. The van der Waals surface area contributed by atoms with Crippen molar-refractivity contribution in [2.75, 3.05) is 11.1 Å². The number of fused-ring (bicyclic) bond motifs is 2. The maximum absolute atomic E-state index is 14.0. The zero-order valence-electron chi connectivity index (χ0n) is 18.9. The number of nitrogens with zero attached hydrogens (tertiary/aromatic N) is 3. The number of aryl methyl sites for hydroxylation is 2. The number of aromatic nitrogens is 3. The molecule has 0 unspecified atom stereocenters. The number of para-hydroxylation sites is 1. The second kappa shape index (κ2) is 9.40. The molecule has 36 heavy (non-hydrogen) atoms. The van der Waals surface area contributed by atoms with Gasteiger partial charge < -0.3 is 5.32 Å². The molecule has 6 nitrogen and oxygen atoms in total. The average molecular weight is 527 g/mol. The molecule has 3 aromatic carbocycles. The Morgan fingerprint density at radius 3 is 2.50 bits per heavy atom. The monoisotopic (exact) mass is 526 g/mol. The van der Waals surface area contributed by atoms with Gasteiger partial charge in [-0.25, -0.2) is 23.1 Å². The number of hydrogen-bond donors (Lipinski definition) is 1. The predicted molar refractivity (Wildman–Crippen MR) is 136 cm³/mol. The minimum atomic E-state index is -1.62. The van der Waals surface area contributed by atoms with Crippen molar-refractivity contribution in [3.05, 3.63) is 87.5 Å². The summed E-state index contributed by atoms with van der Waals surface area (Å²) in [5, 5.41) is 3.28. The molecule has 0 saturated carbocycles. The molecule has 2 aromatic heterocycles. The third-order valence-corrected chi connectivity index (χ3v) is 7.17. The third kappa shape index (κ3) is 4.47. The van der Waals surface area contributed by atoms with Gasteiger partial charge in [-0.1, -0.05) is 41.3 Å². The highest BCUT2D eigenvalue weighted by atomic mass is 32.2. The second-order valence-corrected chi connectivity index (χ2v) is 10.1. The highest BCUT2D eigenvalue weighted by Gasteiger charge is 2.19. The molecule has 0 radical (unpaired) electrons. The summed E-state index contributed by atoms with van der Waals surface area (Å²) in [6.45, 7) is 3.85. The fourth-order valence-electron chi connectivity index (χ4n) is 3.83. The number of anilines is 1. The summed E-state index contributed by atoms with van der Waals surface area (Å²) in [6.07, 6.45) is 0. The van der Waals surface area contributed by atoms with Crippen LogP contribution in [0.3, 0.4) is 0 Å². The van der Waals surface area contributed by atoms with Gasteiger partial charge in [-0.15, -0.1) is 0 Å². The van der Waals surface area contributed by atoms with Crippen LogP contribution in [-0.4, -0.2) is 26.2 Å². The van der Waals surface area contributed by atoms with Crippen LogP contribution in [0.5, 0.6) is 0 Å². The predicted octanol–water partition coefficient (Wildman–Crippen LogP) is 5.76. The first-order chi connectivity index (χ1) is 17.2. The largest absolute Gasteiger partial charge is 0.301 e. The van der Waals surface area contributed by atoms with E-state index < -0.39 is 23.4 Å². The fourth-order valence-corrected chi connectivity index (χ4v) is 5.55. The van der Waals surface area contributed by atoms with Crippen LogP contribution >= 0.6 is 23.1 Å². The van der Waals surface area contributed by atoms with E-state index in [1.165, 1.54) is 4.57 Å². The van der Waals surface area contributed by atoms with Crippen molar-refractivity contribution in [1.29, 1.82) is 0 Å². The standard InChI is InChI=1S/C25H17F3N4O2S2/c1-12-7-13(2)9-14(8-12)32-23(34)15-5-3-4-6-17(15)29-25(32)35-11-19(33)30-24-31-22-18(36-24)10-16(26)20(27)21(22)28/h3-10H,11H2,1-2H3,(H,30,31,33). The zero-order chi connectivity index (χ0) is 25.6. The number of halogens is 3. The van der Waals surface area contributed by atoms with Crippen molar-refractivity contribution < 1.29 is 18.0 Å². The molecule has 11 heteroatoms. The van der Waals surface area contributed by atoms with E-state index in [9.17, 15) is 22.8 Å². The lowest BCUT2D eigenvalue weighted by molar-refractivity contribution is -0.113. The van der Waals surface area contributed by atoms with Gasteiger partial charge in [0.25, 0.3) is 5.56 Å². The molecule has 0 bridgehead atoms. The molecule has 5 rings (SSSR count). The molecule has 0 aliphatic rings. The highest BCUT2D eigenvalue weighted by Crippen LogP contribution is 2.31. The number of hydrogen-bond acceptors (Lipinski definition) is 6. The molecule has 0 aliphatic carbocycles. The lowest BCUT2D eigenvalue weighted by atomic mass is 10.1. The number of thioether (sulfide) groups is 1. The smallest absolute Gasteiger partial charge is 0.266 e. The Labute approximate surface area is 210 Å². The topological polar surface area (TPSA) is 76.9 Å². The number of thiazole rings is 1. The van der Waals surface area contributed by atoms with Gasteiger partial charge in [-0.05, 0) is 55.3 Å². The molecule has 0 spiro atoms. The summed E-state index contributed by atoms with van der Waals surface area (Å²) in [6, 6.07) is 13.5. The zero-order valence-corrected chi connectivity index (χ0v) is 20.6. The van der Waals surface area contributed by atoms with E-state index in [4.69, 9.17) is 0 Å². The lowest BCUT2D eigenvalue weighted by Gasteiger charge is -2.14. The minimum absolute atomic E-state index is 0.00216. The van der Waals surface area contributed by atoms with E-state index in [0.29, 0.717) is 21.7 Å². The minimum Gasteiger partial charge on any atom is -0.301 e. The molecule has 182 valence electrons.